The molecule has 3 heterocycles. The lowest BCUT2D eigenvalue weighted by atomic mass is 9.98. The first-order chi connectivity index (χ1) is 12.3. The van der Waals surface area contributed by atoms with Crippen molar-refractivity contribution in [1.82, 2.24) is 20.4 Å². The van der Waals surface area contributed by atoms with E-state index in [0.29, 0.717) is 12.1 Å². The molecule has 7 heteroatoms. The van der Waals surface area contributed by atoms with Crippen LogP contribution >= 0.6 is 0 Å². The molecule has 1 aliphatic heterocycles. The molecule has 0 saturated heterocycles. The molecule has 25 heavy (non-hydrogen) atoms. The summed E-state index contributed by atoms with van der Waals surface area (Å²) >= 11 is 0. The molecular formula is C18H17N5O2. The molecule has 3 aromatic rings. The first kappa shape index (κ1) is 15.3. The lowest BCUT2D eigenvalue weighted by Crippen LogP contribution is -2.38. The average molecular weight is 335 g/mol. The molecule has 2 aromatic heterocycles. The maximum absolute atomic E-state index is 12.2. The SMILES string of the molecule is O=C(NC[C@@H]1CCc2ccccc2N1)c1noc(-c2cccnc2)n1. The van der Waals surface area contributed by atoms with Gasteiger partial charge in [0.15, 0.2) is 0 Å². The van der Waals surface area contributed by atoms with E-state index >= 15 is 0 Å². The minimum absolute atomic E-state index is 0.0232. The van der Waals surface area contributed by atoms with E-state index in [2.05, 4.69) is 37.9 Å². The summed E-state index contributed by atoms with van der Waals surface area (Å²) in [7, 11) is 0. The van der Waals surface area contributed by atoms with Gasteiger partial charge in [0.2, 0.25) is 0 Å². The van der Waals surface area contributed by atoms with Gasteiger partial charge in [-0.05, 0) is 36.6 Å². The molecule has 0 bridgehead atoms. The first-order valence-electron chi connectivity index (χ1n) is 8.16. The van der Waals surface area contributed by atoms with E-state index in [0.717, 1.165) is 18.5 Å². The molecule has 1 atom stereocenters. The van der Waals surface area contributed by atoms with Gasteiger partial charge in [0.1, 0.15) is 0 Å². The number of amides is 1. The molecule has 126 valence electrons. The Bertz CT molecular complexity index is 878. The van der Waals surface area contributed by atoms with Gasteiger partial charge in [-0.1, -0.05) is 23.4 Å². The lowest BCUT2D eigenvalue weighted by Gasteiger charge is -2.27. The van der Waals surface area contributed by atoms with Crippen LogP contribution in [0.15, 0.2) is 53.3 Å². The van der Waals surface area contributed by atoms with Crippen molar-refractivity contribution < 1.29 is 9.32 Å². The van der Waals surface area contributed by atoms with Gasteiger partial charge in [-0.15, -0.1) is 0 Å². The number of aromatic nitrogens is 3. The topological polar surface area (TPSA) is 92.9 Å². The van der Waals surface area contributed by atoms with E-state index in [1.807, 2.05) is 12.1 Å². The number of fused-ring (bicyclic) bond motifs is 1. The van der Waals surface area contributed by atoms with Crippen LogP contribution in [-0.4, -0.2) is 33.6 Å². The number of carbonyl (C=O) groups excluding carboxylic acids is 1. The molecule has 0 spiro atoms. The summed E-state index contributed by atoms with van der Waals surface area (Å²) in [5, 5.41) is 10.1. The number of para-hydroxylation sites is 1. The molecule has 1 aliphatic rings. The predicted molar refractivity (Wildman–Crippen MR) is 92.0 cm³/mol. The number of nitrogens with zero attached hydrogens (tertiary/aromatic N) is 3. The standard InChI is InChI=1S/C18H17N5O2/c24-17(16-22-18(25-23-16)13-5-3-9-19-10-13)20-11-14-8-7-12-4-1-2-6-15(12)21-14/h1-6,9-10,14,21H,7-8,11H2,(H,20,24)/t14-/m0/s1. The van der Waals surface area contributed by atoms with E-state index < -0.39 is 0 Å². The van der Waals surface area contributed by atoms with Gasteiger partial charge in [-0.25, -0.2) is 0 Å². The second kappa shape index (κ2) is 6.72. The molecular weight excluding hydrogens is 318 g/mol. The Kier molecular flexibility index (Phi) is 4.12. The van der Waals surface area contributed by atoms with Crippen molar-refractivity contribution in [2.75, 3.05) is 11.9 Å². The molecule has 4 rings (SSSR count). The number of aryl methyl sites for hydroxylation is 1. The number of rotatable bonds is 4. The number of hydrogen-bond donors (Lipinski definition) is 2. The van der Waals surface area contributed by atoms with Gasteiger partial charge < -0.3 is 15.2 Å². The van der Waals surface area contributed by atoms with E-state index in [-0.39, 0.29) is 23.7 Å². The first-order valence-corrected chi connectivity index (χ1v) is 8.16. The number of anilines is 1. The maximum Gasteiger partial charge on any atom is 0.292 e. The zero-order valence-corrected chi connectivity index (χ0v) is 13.5. The molecule has 0 fully saturated rings. The summed E-state index contributed by atoms with van der Waals surface area (Å²) in [6.45, 7) is 0.504. The molecule has 1 aromatic carbocycles. The minimum atomic E-state index is -0.348. The fraction of sp³-hybridized carbons (Fsp3) is 0.222. The predicted octanol–water partition coefficient (Wildman–Crippen LogP) is 2.29. The summed E-state index contributed by atoms with van der Waals surface area (Å²) in [5.74, 6) is -0.0439. The Labute approximate surface area is 144 Å². The largest absolute Gasteiger partial charge is 0.380 e. The summed E-state index contributed by atoms with van der Waals surface area (Å²) in [5.41, 5.74) is 3.12. The Morgan fingerprint density at radius 2 is 2.20 bits per heavy atom. The third kappa shape index (κ3) is 3.35. The third-order valence-electron chi connectivity index (χ3n) is 4.19. The summed E-state index contributed by atoms with van der Waals surface area (Å²) in [6.07, 6.45) is 5.23. The zero-order chi connectivity index (χ0) is 17.1. The fourth-order valence-corrected chi connectivity index (χ4v) is 2.87. The van der Waals surface area contributed by atoms with Crippen LogP contribution in [0.25, 0.3) is 11.5 Å². The van der Waals surface area contributed by atoms with Crippen LogP contribution in [0, 0.1) is 0 Å². The van der Waals surface area contributed by atoms with Crippen LogP contribution in [0.4, 0.5) is 5.69 Å². The lowest BCUT2D eigenvalue weighted by molar-refractivity contribution is 0.0938. The molecule has 0 saturated carbocycles. The second-order valence-electron chi connectivity index (χ2n) is 5.91. The van der Waals surface area contributed by atoms with Crippen molar-refractivity contribution in [3.63, 3.8) is 0 Å². The van der Waals surface area contributed by atoms with Crippen molar-refractivity contribution in [1.29, 1.82) is 0 Å². The van der Waals surface area contributed by atoms with Gasteiger partial charge in [0.25, 0.3) is 17.6 Å². The van der Waals surface area contributed by atoms with Crippen molar-refractivity contribution in [2.24, 2.45) is 0 Å². The zero-order valence-electron chi connectivity index (χ0n) is 13.5. The van der Waals surface area contributed by atoms with Crippen molar-refractivity contribution in [3.05, 3.63) is 60.2 Å². The van der Waals surface area contributed by atoms with Gasteiger partial charge in [0, 0.05) is 30.7 Å². The highest BCUT2D eigenvalue weighted by atomic mass is 16.5. The van der Waals surface area contributed by atoms with E-state index in [4.69, 9.17) is 4.52 Å². The minimum Gasteiger partial charge on any atom is -0.380 e. The highest BCUT2D eigenvalue weighted by molar-refractivity contribution is 5.90. The summed E-state index contributed by atoms with van der Waals surface area (Å²) in [4.78, 5) is 20.4. The Balaban J connectivity index is 1.36. The quantitative estimate of drug-likeness (QED) is 0.760. The molecule has 2 N–H and O–H groups in total. The average Bonchev–Trinajstić information content (AvgIpc) is 3.17. The van der Waals surface area contributed by atoms with Crippen LogP contribution in [0.5, 0.6) is 0 Å². The molecule has 0 unspecified atom stereocenters. The van der Waals surface area contributed by atoms with Gasteiger partial charge >= 0.3 is 0 Å². The smallest absolute Gasteiger partial charge is 0.292 e. The van der Waals surface area contributed by atoms with Gasteiger partial charge in [-0.3, -0.25) is 9.78 Å². The van der Waals surface area contributed by atoms with E-state index in [1.165, 1.54) is 5.56 Å². The van der Waals surface area contributed by atoms with E-state index in [9.17, 15) is 4.79 Å². The molecule has 0 aliphatic carbocycles. The second-order valence-corrected chi connectivity index (χ2v) is 5.91. The van der Waals surface area contributed by atoms with Gasteiger partial charge in [-0.2, -0.15) is 4.98 Å². The number of benzene rings is 1. The van der Waals surface area contributed by atoms with Crippen LogP contribution < -0.4 is 10.6 Å². The highest BCUT2D eigenvalue weighted by Crippen LogP contribution is 2.23. The monoisotopic (exact) mass is 335 g/mol. The van der Waals surface area contributed by atoms with Crippen LogP contribution in [0.3, 0.4) is 0 Å². The maximum atomic E-state index is 12.2. The fourth-order valence-electron chi connectivity index (χ4n) is 2.87. The Morgan fingerprint density at radius 1 is 1.28 bits per heavy atom. The highest BCUT2D eigenvalue weighted by Gasteiger charge is 2.20. The van der Waals surface area contributed by atoms with Crippen molar-refractivity contribution in [3.8, 4) is 11.5 Å². The van der Waals surface area contributed by atoms with Crippen molar-refractivity contribution in [2.45, 2.75) is 18.9 Å². The van der Waals surface area contributed by atoms with Gasteiger partial charge in [0.05, 0.1) is 5.56 Å². The number of carbonyl (C=O) groups is 1. The van der Waals surface area contributed by atoms with Crippen molar-refractivity contribution >= 4 is 11.6 Å². The van der Waals surface area contributed by atoms with E-state index in [1.54, 1.807) is 24.5 Å². The van der Waals surface area contributed by atoms with Crippen LogP contribution in [0.2, 0.25) is 0 Å². The van der Waals surface area contributed by atoms with Crippen LogP contribution in [-0.2, 0) is 6.42 Å². The Hall–Kier alpha value is -3.22. The Morgan fingerprint density at radius 3 is 3.08 bits per heavy atom. The normalized spacial score (nSPS) is 15.9. The number of hydrogen-bond acceptors (Lipinski definition) is 6. The summed E-state index contributed by atoms with van der Waals surface area (Å²) in [6, 6.07) is 12.0. The number of nitrogens with one attached hydrogen (secondary N) is 2. The molecule has 7 nitrogen and oxygen atoms in total. The number of pyridine rings is 1. The summed E-state index contributed by atoms with van der Waals surface area (Å²) < 4.78 is 5.13. The van der Waals surface area contributed by atoms with Crippen LogP contribution in [0.1, 0.15) is 22.6 Å². The third-order valence-corrected chi connectivity index (χ3v) is 4.19. The molecule has 1 amide bonds. The molecule has 0 radical (unpaired) electrons.